The molecule has 154 valence electrons. The number of hydrogen-bond donors (Lipinski definition) is 1. The number of anilines is 1. The van der Waals surface area contributed by atoms with E-state index in [4.69, 9.17) is 0 Å². The Morgan fingerprint density at radius 3 is 2.32 bits per heavy atom. The molecule has 1 N–H and O–H groups in total. The molecule has 1 aliphatic heterocycles. The highest BCUT2D eigenvalue weighted by atomic mass is 32.2. The van der Waals surface area contributed by atoms with Gasteiger partial charge in [-0.05, 0) is 37.1 Å². The van der Waals surface area contributed by atoms with Gasteiger partial charge in [0.1, 0.15) is 0 Å². The number of carbonyl (C=O) groups excluding carboxylic acids is 2. The lowest BCUT2D eigenvalue weighted by atomic mass is 10.1. The van der Waals surface area contributed by atoms with Crippen molar-refractivity contribution in [1.29, 1.82) is 0 Å². The van der Waals surface area contributed by atoms with Gasteiger partial charge in [0.05, 0.1) is 10.8 Å². The molecule has 28 heavy (non-hydrogen) atoms. The Morgan fingerprint density at radius 2 is 1.75 bits per heavy atom. The van der Waals surface area contributed by atoms with Crippen molar-refractivity contribution < 1.29 is 18.0 Å². The van der Waals surface area contributed by atoms with Gasteiger partial charge in [-0.15, -0.1) is 0 Å². The molecule has 8 heteroatoms. The third kappa shape index (κ3) is 4.22. The number of hydrogen-bond acceptors (Lipinski definition) is 4. The SMILES string of the molecule is CCN(CC)S(=O)(=O)c1ccc(N2C[C@@H](C(=O)NC3CCCC3)CC2=O)cc1. The van der Waals surface area contributed by atoms with Crippen molar-refractivity contribution in [1.82, 2.24) is 9.62 Å². The fourth-order valence-corrected chi connectivity index (χ4v) is 5.49. The molecular weight excluding hydrogens is 378 g/mol. The van der Waals surface area contributed by atoms with Crippen LogP contribution < -0.4 is 10.2 Å². The third-order valence-corrected chi connectivity index (χ3v) is 7.75. The maximum atomic E-state index is 12.6. The van der Waals surface area contributed by atoms with E-state index < -0.39 is 10.0 Å². The summed E-state index contributed by atoms with van der Waals surface area (Å²) in [5.41, 5.74) is 0.625. The van der Waals surface area contributed by atoms with Gasteiger partial charge in [-0.1, -0.05) is 26.7 Å². The van der Waals surface area contributed by atoms with Crippen LogP contribution in [0.3, 0.4) is 0 Å². The summed E-state index contributed by atoms with van der Waals surface area (Å²) in [4.78, 5) is 26.7. The molecule has 3 rings (SSSR count). The zero-order valence-electron chi connectivity index (χ0n) is 16.6. The average molecular weight is 408 g/mol. The van der Waals surface area contributed by atoms with Crippen molar-refractivity contribution in [2.75, 3.05) is 24.5 Å². The van der Waals surface area contributed by atoms with Crippen LogP contribution >= 0.6 is 0 Å². The van der Waals surface area contributed by atoms with Crippen LogP contribution in [0.2, 0.25) is 0 Å². The number of sulfonamides is 1. The van der Waals surface area contributed by atoms with E-state index in [1.54, 1.807) is 30.9 Å². The van der Waals surface area contributed by atoms with Gasteiger partial charge in [0.15, 0.2) is 0 Å². The number of nitrogens with one attached hydrogen (secondary N) is 1. The predicted molar refractivity (Wildman–Crippen MR) is 107 cm³/mol. The van der Waals surface area contributed by atoms with Crippen LogP contribution in [0.25, 0.3) is 0 Å². The lowest BCUT2D eigenvalue weighted by molar-refractivity contribution is -0.126. The molecule has 1 atom stereocenters. The topological polar surface area (TPSA) is 86.8 Å². The number of benzene rings is 1. The normalized spacial score (nSPS) is 20.9. The van der Waals surface area contributed by atoms with E-state index in [0.717, 1.165) is 25.7 Å². The molecule has 0 bridgehead atoms. The second kappa shape index (κ2) is 8.61. The summed E-state index contributed by atoms with van der Waals surface area (Å²) < 4.78 is 26.6. The summed E-state index contributed by atoms with van der Waals surface area (Å²) in [6.45, 7) is 4.75. The Hall–Kier alpha value is -1.93. The van der Waals surface area contributed by atoms with Gasteiger partial charge in [-0.2, -0.15) is 4.31 Å². The molecule has 1 aromatic carbocycles. The minimum atomic E-state index is -3.53. The van der Waals surface area contributed by atoms with E-state index in [-0.39, 0.29) is 35.1 Å². The lowest BCUT2D eigenvalue weighted by Gasteiger charge is -2.20. The van der Waals surface area contributed by atoms with Gasteiger partial charge in [0.2, 0.25) is 21.8 Å². The molecule has 0 unspecified atom stereocenters. The van der Waals surface area contributed by atoms with Crippen molar-refractivity contribution in [2.45, 2.75) is 56.9 Å². The number of rotatable bonds is 7. The first-order chi connectivity index (χ1) is 13.4. The van der Waals surface area contributed by atoms with Gasteiger partial charge in [-0.3, -0.25) is 9.59 Å². The molecule has 2 amide bonds. The maximum absolute atomic E-state index is 12.6. The van der Waals surface area contributed by atoms with E-state index in [9.17, 15) is 18.0 Å². The fraction of sp³-hybridized carbons (Fsp3) is 0.600. The van der Waals surface area contributed by atoms with Gasteiger partial charge in [-0.25, -0.2) is 8.42 Å². The molecule has 1 aromatic rings. The van der Waals surface area contributed by atoms with Crippen molar-refractivity contribution >= 4 is 27.5 Å². The molecule has 0 radical (unpaired) electrons. The van der Waals surface area contributed by atoms with E-state index in [1.807, 2.05) is 0 Å². The first-order valence-corrected chi connectivity index (χ1v) is 11.5. The molecule has 2 fully saturated rings. The summed E-state index contributed by atoms with van der Waals surface area (Å²) in [6, 6.07) is 6.59. The zero-order chi connectivity index (χ0) is 20.3. The second-order valence-corrected chi connectivity index (χ2v) is 9.42. The molecule has 1 aliphatic carbocycles. The molecule has 1 saturated heterocycles. The lowest BCUT2D eigenvalue weighted by Crippen LogP contribution is -2.38. The van der Waals surface area contributed by atoms with E-state index >= 15 is 0 Å². The number of nitrogens with zero attached hydrogens (tertiary/aromatic N) is 2. The van der Waals surface area contributed by atoms with Crippen LogP contribution in [-0.4, -0.2) is 50.2 Å². The van der Waals surface area contributed by atoms with Crippen LogP contribution in [0.15, 0.2) is 29.2 Å². The van der Waals surface area contributed by atoms with Crippen molar-refractivity contribution in [2.24, 2.45) is 5.92 Å². The van der Waals surface area contributed by atoms with Crippen LogP contribution in [0.1, 0.15) is 46.0 Å². The van der Waals surface area contributed by atoms with E-state index in [2.05, 4.69) is 5.32 Å². The second-order valence-electron chi connectivity index (χ2n) is 7.48. The fourth-order valence-electron chi connectivity index (χ4n) is 4.03. The van der Waals surface area contributed by atoms with Crippen LogP contribution in [0, 0.1) is 5.92 Å². The molecule has 7 nitrogen and oxygen atoms in total. The standard InChI is InChI=1S/C20H29N3O4S/c1-3-22(4-2)28(26,27)18-11-9-17(10-12-18)23-14-15(13-19(23)24)20(25)21-16-7-5-6-8-16/h9-12,15-16H,3-8,13-14H2,1-2H3,(H,21,25)/t15-/m0/s1. The number of carbonyl (C=O) groups is 2. The first-order valence-electron chi connectivity index (χ1n) is 10.1. The van der Waals surface area contributed by atoms with Gasteiger partial charge >= 0.3 is 0 Å². The van der Waals surface area contributed by atoms with Crippen LogP contribution in [-0.2, 0) is 19.6 Å². The minimum absolute atomic E-state index is 0.0523. The zero-order valence-corrected chi connectivity index (χ0v) is 17.4. The monoisotopic (exact) mass is 407 g/mol. The van der Waals surface area contributed by atoms with E-state index in [1.165, 1.54) is 16.4 Å². The van der Waals surface area contributed by atoms with Crippen molar-refractivity contribution in [3.63, 3.8) is 0 Å². The predicted octanol–water partition coefficient (Wildman–Crippen LogP) is 2.13. The van der Waals surface area contributed by atoms with Gasteiger partial charge in [0, 0.05) is 37.8 Å². The minimum Gasteiger partial charge on any atom is -0.353 e. The molecule has 1 saturated carbocycles. The molecule has 0 aromatic heterocycles. The van der Waals surface area contributed by atoms with E-state index in [0.29, 0.717) is 25.3 Å². The third-order valence-electron chi connectivity index (χ3n) is 5.69. The largest absolute Gasteiger partial charge is 0.353 e. The highest BCUT2D eigenvalue weighted by Crippen LogP contribution is 2.28. The smallest absolute Gasteiger partial charge is 0.243 e. The summed E-state index contributed by atoms with van der Waals surface area (Å²) >= 11 is 0. The first kappa shape index (κ1) is 20.8. The summed E-state index contributed by atoms with van der Waals surface area (Å²) in [5, 5.41) is 3.07. The Balaban J connectivity index is 1.68. The highest BCUT2D eigenvalue weighted by Gasteiger charge is 2.36. The van der Waals surface area contributed by atoms with Crippen molar-refractivity contribution in [3.8, 4) is 0 Å². The Kier molecular flexibility index (Phi) is 6.40. The summed E-state index contributed by atoms with van der Waals surface area (Å²) in [6.07, 6.45) is 4.50. The Morgan fingerprint density at radius 1 is 1.14 bits per heavy atom. The molecular formula is C20H29N3O4S. The van der Waals surface area contributed by atoms with Crippen LogP contribution in [0.5, 0.6) is 0 Å². The summed E-state index contributed by atoms with van der Waals surface area (Å²) in [7, 11) is -3.53. The number of amides is 2. The Labute approximate surface area is 167 Å². The average Bonchev–Trinajstić information content (AvgIpc) is 3.32. The van der Waals surface area contributed by atoms with Crippen LogP contribution in [0.4, 0.5) is 5.69 Å². The molecule has 2 aliphatic rings. The Bertz CT molecular complexity index is 812. The molecule has 1 heterocycles. The quantitative estimate of drug-likeness (QED) is 0.750. The van der Waals surface area contributed by atoms with Gasteiger partial charge in [0.25, 0.3) is 0 Å². The molecule has 0 spiro atoms. The van der Waals surface area contributed by atoms with Gasteiger partial charge < -0.3 is 10.2 Å². The van der Waals surface area contributed by atoms with Crippen molar-refractivity contribution in [3.05, 3.63) is 24.3 Å². The highest BCUT2D eigenvalue weighted by molar-refractivity contribution is 7.89. The summed E-state index contributed by atoms with van der Waals surface area (Å²) in [5.74, 6) is -0.512. The maximum Gasteiger partial charge on any atom is 0.243 e.